The maximum Gasteiger partial charge on any atom is 0.269 e. The molecule has 62 valence electrons. The van der Waals surface area contributed by atoms with E-state index < -0.39 is 0 Å². The first-order chi connectivity index (χ1) is 5.57. The molecule has 3 nitrogen and oxygen atoms in total. The standard InChI is InChI=1S/C8H8N2OS/c1-5-3-7(12)6(4-9)8(11)10(5)2/h3,12H,1-2H3. The summed E-state index contributed by atoms with van der Waals surface area (Å²) in [6.07, 6.45) is 0. The number of hydrogen-bond acceptors (Lipinski definition) is 3. The van der Waals surface area contributed by atoms with Crippen molar-refractivity contribution < 1.29 is 0 Å². The molecule has 0 amide bonds. The lowest BCUT2D eigenvalue weighted by molar-refractivity contribution is 0.803. The highest BCUT2D eigenvalue weighted by molar-refractivity contribution is 7.80. The van der Waals surface area contributed by atoms with Crippen LogP contribution in [0.5, 0.6) is 0 Å². The van der Waals surface area contributed by atoms with Crippen molar-refractivity contribution >= 4 is 12.6 Å². The molecule has 0 bridgehead atoms. The Morgan fingerprint density at radius 3 is 2.75 bits per heavy atom. The molecule has 0 aliphatic carbocycles. The second kappa shape index (κ2) is 3.03. The highest BCUT2D eigenvalue weighted by atomic mass is 32.1. The van der Waals surface area contributed by atoms with Crippen LogP contribution in [0.15, 0.2) is 15.8 Å². The Labute approximate surface area is 75.7 Å². The monoisotopic (exact) mass is 180 g/mol. The van der Waals surface area contributed by atoms with Gasteiger partial charge in [0.2, 0.25) is 0 Å². The zero-order valence-corrected chi connectivity index (χ0v) is 7.72. The van der Waals surface area contributed by atoms with Crippen LogP contribution in [0.2, 0.25) is 0 Å². The molecule has 0 saturated carbocycles. The van der Waals surface area contributed by atoms with Crippen molar-refractivity contribution in [3.63, 3.8) is 0 Å². The lowest BCUT2D eigenvalue weighted by Gasteiger charge is -2.04. The molecule has 1 heterocycles. The summed E-state index contributed by atoms with van der Waals surface area (Å²) in [6, 6.07) is 3.52. The number of rotatable bonds is 0. The molecule has 0 N–H and O–H groups in total. The quantitative estimate of drug-likeness (QED) is 0.602. The first-order valence-corrected chi connectivity index (χ1v) is 3.82. The van der Waals surface area contributed by atoms with Crippen molar-refractivity contribution in [3.8, 4) is 6.07 Å². The minimum absolute atomic E-state index is 0.103. The van der Waals surface area contributed by atoms with Crippen LogP contribution in [0.25, 0.3) is 0 Å². The van der Waals surface area contributed by atoms with E-state index >= 15 is 0 Å². The average Bonchev–Trinajstić information content (AvgIpc) is 2.01. The highest BCUT2D eigenvalue weighted by Crippen LogP contribution is 2.09. The van der Waals surface area contributed by atoms with Crippen LogP contribution < -0.4 is 5.56 Å². The van der Waals surface area contributed by atoms with Gasteiger partial charge < -0.3 is 4.57 Å². The molecule has 0 radical (unpaired) electrons. The van der Waals surface area contributed by atoms with Crippen LogP contribution >= 0.6 is 12.6 Å². The fourth-order valence-electron chi connectivity index (χ4n) is 0.909. The Balaban J connectivity index is 3.66. The molecule has 12 heavy (non-hydrogen) atoms. The number of aromatic nitrogens is 1. The molecule has 0 saturated heterocycles. The van der Waals surface area contributed by atoms with E-state index in [0.717, 1.165) is 5.69 Å². The second-order valence-electron chi connectivity index (χ2n) is 2.52. The summed E-state index contributed by atoms with van der Waals surface area (Å²) in [4.78, 5) is 11.8. The Kier molecular flexibility index (Phi) is 2.25. The molecule has 0 atom stereocenters. The highest BCUT2D eigenvalue weighted by Gasteiger charge is 2.06. The summed E-state index contributed by atoms with van der Waals surface area (Å²) in [5.41, 5.74) is 0.609. The van der Waals surface area contributed by atoms with Gasteiger partial charge in [-0.1, -0.05) is 0 Å². The number of hydrogen-bond donors (Lipinski definition) is 1. The van der Waals surface area contributed by atoms with E-state index in [2.05, 4.69) is 12.6 Å². The minimum atomic E-state index is -0.289. The van der Waals surface area contributed by atoms with Crippen LogP contribution in [-0.4, -0.2) is 4.57 Å². The van der Waals surface area contributed by atoms with E-state index in [4.69, 9.17) is 5.26 Å². The van der Waals surface area contributed by atoms with Crippen LogP contribution in [0.3, 0.4) is 0 Å². The third kappa shape index (κ3) is 1.23. The molecule has 0 unspecified atom stereocenters. The van der Waals surface area contributed by atoms with Crippen LogP contribution in [0, 0.1) is 18.3 Å². The van der Waals surface area contributed by atoms with Crippen LogP contribution in [0.1, 0.15) is 11.3 Å². The summed E-state index contributed by atoms with van der Waals surface area (Å²) in [5.74, 6) is 0. The fraction of sp³-hybridized carbons (Fsp3) is 0.250. The van der Waals surface area contributed by atoms with Gasteiger partial charge in [0, 0.05) is 17.6 Å². The van der Waals surface area contributed by atoms with E-state index in [1.165, 1.54) is 4.57 Å². The number of pyridine rings is 1. The fourth-order valence-corrected chi connectivity index (χ4v) is 1.24. The minimum Gasteiger partial charge on any atom is -0.315 e. The van der Waals surface area contributed by atoms with Crippen molar-refractivity contribution in [1.82, 2.24) is 4.57 Å². The maximum atomic E-state index is 11.3. The molecular formula is C8H8N2OS. The Morgan fingerprint density at radius 2 is 2.25 bits per heavy atom. The normalized spacial score (nSPS) is 9.50. The topological polar surface area (TPSA) is 45.8 Å². The van der Waals surface area contributed by atoms with Crippen molar-refractivity contribution in [2.75, 3.05) is 0 Å². The van der Waals surface area contributed by atoms with E-state index in [0.29, 0.717) is 4.90 Å². The smallest absolute Gasteiger partial charge is 0.269 e. The molecule has 0 fully saturated rings. The van der Waals surface area contributed by atoms with Gasteiger partial charge in [-0.2, -0.15) is 5.26 Å². The van der Waals surface area contributed by atoms with E-state index in [1.54, 1.807) is 20.0 Å². The van der Waals surface area contributed by atoms with Gasteiger partial charge in [0.15, 0.2) is 0 Å². The van der Waals surface area contributed by atoms with Crippen molar-refractivity contribution in [2.45, 2.75) is 11.8 Å². The van der Waals surface area contributed by atoms with Crippen LogP contribution in [-0.2, 0) is 7.05 Å². The van der Waals surface area contributed by atoms with Crippen molar-refractivity contribution in [2.24, 2.45) is 7.05 Å². The second-order valence-corrected chi connectivity index (χ2v) is 3.00. The number of nitriles is 1. The molecular weight excluding hydrogens is 172 g/mol. The van der Waals surface area contributed by atoms with Crippen molar-refractivity contribution in [1.29, 1.82) is 5.26 Å². The third-order valence-corrected chi connectivity index (χ3v) is 2.11. The van der Waals surface area contributed by atoms with Gasteiger partial charge in [-0.3, -0.25) is 4.79 Å². The van der Waals surface area contributed by atoms with Gasteiger partial charge in [0.05, 0.1) is 0 Å². The number of aryl methyl sites for hydroxylation is 1. The summed E-state index contributed by atoms with van der Waals surface area (Å²) in [6.45, 7) is 1.79. The number of thiol groups is 1. The summed E-state index contributed by atoms with van der Waals surface area (Å²) < 4.78 is 1.43. The predicted octanol–water partition coefficient (Wildman–Crippen LogP) is 0.854. The molecule has 0 aliphatic rings. The Bertz CT molecular complexity index is 414. The molecule has 0 aromatic carbocycles. The molecule has 0 spiro atoms. The maximum absolute atomic E-state index is 11.3. The molecule has 1 aromatic heterocycles. The first-order valence-electron chi connectivity index (χ1n) is 3.37. The lowest BCUT2D eigenvalue weighted by atomic mass is 10.2. The largest absolute Gasteiger partial charge is 0.315 e. The summed E-state index contributed by atoms with van der Waals surface area (Å²) >= 11 is 4.03. The SMILES string of the molecule is Cc1cc(S)c(C#N)c(=O)n1C. The van der Waals surface area contributed by atoms with Crippen LogP contribution in [0.4, 0.5) is 0 Å². The van der Waals surface area contributed by atoms with Gasteiger partial charge in [-0.15, -0.1) is 12.6 Å². The van der Waals surface area contributed by atoms with Gasteiger partial charge in [0.1, 0.15) is 11.6 Å². The lowest BCUT2D eigenvalue weighted by Crippen LogP contribution is -2.21. The summed E-state index contributed by atoms with van der Waals surface area (Å²) in [5, 5.41) is 8.60. The van der Waals surface area contributed by atoms with E-state index in [1.807, 2.05) is 6.07 Å². The zero-order chi connectivity index (χ0) is 9.30. The first kappa shape index (κ1) is 8.88. The van der Waals surface area contributed by atoms with Gasteiger partial charge in [-0.05, 0) is 13.0 Å². The van der Waals surface area contributed by atoms with Gasteiger partial charge in [-0.25, -0.2) is 0 Å². The third-order valence-electron chi connectivity index (χ3n) is 1.76. The van der Waals surface area contributed by atoms with E-state index in [-0.39, 0.29) is 11.1 Å². The zero-order valence-electron chi connectivity index (χ0n) is 6.83. The van der Waals surface area contributed by atoms with Gasteiger partial charge in [0.25, 0.3) is 5.56 Å². The Morgan fingerprint density at radius 1 is 1.67 bits per heavy atom. The predicted molar refractivity (Wildman–Crippen MR) is 48.4 cm³/mol. The van der Waals surface area contributed by atoms with E-state index in [9.17, 15) is 4.79 Å². The molecule has 1 aromatic rings. The molecule has 0 aliphatic heterocycles. The Hall–Kier alpha value is -1.21. The summed E-state index contributed by atoms with van der Waals surface area (Å²) in [7, 11) is 1.63. The average molecular weight is 180 g/mol. The van der Waals surface area contributed by atoms with Gasteiger partial charge >= 0.3 is 0 Å². The number of nitrogens with zero attached hydrogens (tertiary/aromatic N) is 2. The molecule has 4 heteroatoms. The molecule has 1 rings (SSSR count). The van der Waals surface area contributed by atoms with Crippen molar-refractivity contribution in [3.05, 3.63) is 27.7 Å².